The van der Waals surface area contributed by atoms with Crippen LogP contribution in [0.25, 0.3) is 0 Å². The van der Waals surface area contributed by atoms with Gasteiger partial charge in [0.15, 0.2) is 0 Å². The molecule has 0 saturated heterocycles. The van der Waals surface area contributed by atoms with Gasteiger partial charge in [0.1, 0.15) is 0 Å². The molecule has 1 aliphatic rings. The number of rotatable bonds is 6. The van der Waals surface area contributed by atoms with Crippen LogP contribution in [-0.2, 0) is 9.53 Å². The van der Waals surface area contributed by atoms with Crippen LogP contribution >= 0.6 is 0 Å². The SMILES string of the molecule is CCOC(=O)CCC(N)CC1CC1. The van der Waals surface area contributed by atoms with Gasteiger partial charge in [-0.15, -0.1) is 0 Å². The Kier molecular flexibility index (Phi) is 4.22. The summed E-state index contributed by atoms with van der Waals surface area (Å²) in [5, 5.41) is 0. The minimum Gasteiger partial charge on any atom is -0.466 e. The summed E-state index contributed by atoms with van der Waals surface area (Å²) in [7, 11) is 0. The van der Waals surface area contributed by atoms with Crippen molar-refractivity contribution in [2.24, 2.45) is 11.7 Å². The molecule has 3 nitrogen and oxygen atoms in total. The number of esters is 1. The topological polar surface area (TPSA) is 52.3 Å². The average Bonchev–Trinajstić information content (AvgIpc) is 2.85. The highest BCUT2D eigenvalue weighted by Crippen LogP contribution is 2.33. The molecule has 0 aliphatic heterocycles. The number of carbonyl (C=O) groups excluding carboxylic acids is 1. The quantitative estimate of drug-likeness (QED) is 0.637. The van der Waals surface area contributed by atoms with Gasteiger partial charge in [0, 0.05) is 12.5 Å². The van der Waals surface area contributed by atoms with Gasteiger partial charge in [0.25, 0.3) is 0 Å². The molecule has 1 aliphatic carbocycles. The molecule has 1 atom stereocenters. The van der Waals surface area contributed by atoms with Crippen molar-refractivity contribution in [3.8, 4) is 0 Å². The Labute approximate surface area is 79.6 Å². The highest BCUT2D eigenvalue weighted by atomic mass is 16.5. The van der Waals surface area contributed by atoms with Gasteiger partial charge in [-0.3, -0.25) is 4.79 Å². The van der Waals surface area contributed by atoms with Crippen molar-refractivity contribution in [3.63, 3.8) is 0 Å². The lowest BCUT2D eigenvalue weighted by Crippen LogP contribution is -2.22. The molecule has 1 saturated carbocycles. The van der Waals surface area contributed by atoms with Crippen LogP contribution in [0, 0.1) is 5.92 Å². The van der Waals surface area contributed by atoms with E-state index in [1.807, 2.05) is 6.92 Å². The van der Waals surface area contributed by atoms with Crippen molar-refractivity contribution in [3.05, 3.63) is 0 Å². The van der Waals surface area contributed by atoms with Gasteiger partial charge in [-0.05, 0) is 25.7 Å². The average molecular weight is 185 g/mol. The predicted molar refractivity (Wildman–Crippen MR) is 51.2 cm³/mol. The first-order valence-corrected chi connectivity index (χ1v) is 5.13. The molecule has 0 bridgehead atoms. The maximum Gasteiger partial charge on any atom is 0.305 e. The van der Waals surface area contributed by atoms with Gasteiger partial charge in [-0.25, -0.2) is 0 Å². The van der Waals surface area contributed by atoms with E-state index in [0.717, 1.165) is 18.8 Å². The molecule has 0 heterocycles. The summed E-state index contributed by atoms with van der Waals surface area (Å²) in [6.07, 6.45) is 4.98. The fourth-order valence-corrected chi connectivity index (χ4v) is 1.44. The fraction of sp³-hybridized carbons (Fsp3) is 0.900. The molecule has 0 amide bonds. The zero-order valence-electron chi connectivity index (χ0n) is 8.29. The lowest BCUT2D eigenvalue weighted by Gasteiger charge is -2.09. The molecule has 0 aromatic carbocycles. The summed E-state index contributed by atoms with van der Waals surface area (Å²) >= 11 is 0. The van der Waals surface area contributed by atoms with E-state index >= 15 is 0 Å². The fourth-order valence-electron chi connectivity index (χ4n) is 1.44. The molecule has 1 unspecified atom stereocenters. The Morgan fingerprint density at radius 2 is 2.31 bits per heavy atom. The molecule has 0 radical (unpaired) electrons. The van der Waals surface area contributed by atoms with Gasteiger partial charge >= 0.3 is 5.97 Å². The zero-order chi connectivity index (χ0) is 9.68. The van der Waals surface area contributed by atoms with Crippen LogP contribution in [0.3, 0.4) is 0 Å². The monoisotopic (exact) mass is 185 g/mol. The van der Waals surface area contributed by atoms with Crippen molar-refractivity contribution in [2.45, 2.75) is 45.1 Å². The van der Waals surface area contributed by atoms with Crippen molar-refractivity contribution in [1.29, 1.82) is 0 Å². The summed E-state index contributed by atoms with van der Waals surface area (Å²) in [6.45, 7) is 2.29. The van der Waals surface area contributed by atoms with Crippen LogP contribution in [0.15, 0.2) is 0 Å². The highest BCUT2D eigenvalue weighted by Gasteiger charge is 2.23. The molecular weight excluding hydrogens is 166 g/mol. The Bertz CT molecular complexity index is 166. The Hall–Kier alpha value is -0.570. The van der Waals surface area contributed by atoms with Crippen LogP contribution in [0.1, 0.15) is 39.0 Å². The van der Waals surface area contributed by atoms with Gasteiger partial charge in [-0.2, -0.15) is 0 Å². The normalized spacial score (nSPS) is 18.3. The van der Waals surface area contributed by atoms with E-state index in [1.54, 1.807) is 0 Å². The summed E-state index contributed by atoms with van der Waals surface area (Å²) in [6, 6.07) is 0.192. The number of nitrogens with two attached hydrogens (primary N) is 1. The van der Waals surface area contributed by atoms with E-state index in [1.165, 1.54) is 12.8 Å². The summed E-state index contributed by atoms with van der Waals surface area (Å²) in [5.74, 6) is 0.728. The molecule has 1 fully saturated rings. The molecule has 13 heavy (non-hydrogen) atoms. The van der Waals surface area contributed by atoms with Crippen LogP contribution < -0.4 is 5.73 Å². The molecular formula is C10H19NO2. The van der Waals surface area contributed by atoms with Gasteiger partial charge in [-0.1, -0.05) is 12.8 Å². The van der Waals surface area contributed by atoms with Crippen molar-refractivity contribution >= 4 is 5.97 Å². The van der Waals surface area contributed by atoms with Crippen LogP contribution in [0.4, 0.5) is 0 Å². The van der Waals surface area contributed by atoms with Crippen molar-refractivity contribution in [1.82, 2.24) is 0 Å². The second-order valence-corrected chi connectivity index (χ2v) is 3.78. The van der Waals surface area contributed by atoms with Gasteiger partial charge in [0.2, 0.25) is 0 Å². The summed E-state index contributed by atoms with van der Waals surface area (Å²) in [4.78, 5) is 11.0. The summed E-state index contributed by atoms with van der Waals surface area (Å²) < 4.78 is 4.82. The third-order valence-electron chi connectivity index (χ3n) is 2.36. The Morgan fingerprint density at radius 3 is 2.85 bits per heavy atom. The molecule has 76 valence electrons. The van der Waals surface area contributed by atoms with Crippen LogP contribution in [-0.4, -0.2) is 18.6 Å². The first-order valence-electron chi connectivity index (χ1n) is 5.13. The maximum absolute atomic E-state index is 11.0. The number of ether oxygens (including phenoxy) is 1. The first-order chi connectivity index (χ1) is 6.22. The van der Waals surface area contributed by atoms with E-state index in [9.17, 15) is 4.79 Å². The van der Waals surface area contributed by atoms with E-state index in [4.69, 9.17) is 10.5 Å². The minimum atomic E-state index is -0.117. The molecule has 0 spiro atoms. The van der Waals surface area contributed by atoms with E-state index in [-0.39, 0.29) is 12.0 Å². The number of carbonyl (C=O) groups is 1. The molecule has 1 rings (SSSR count). The molecule has 0 aromatic heterocycles. The maximum atomic E-state index is 11.0. The number of hydrogen-bond acceptors (Lipinski definition) is 3. The third kappa shape index (κ3) is 4.88. The standard InChI is InChI=1S/C10H19NO2/c1-2-13-10(12)6-5-9(11)7-8-3-4-8/h8-9H,2-7,11H2,1H3. The zero-order valence-corrected chi connectivity index (χ0v) is 8.29. The molecule has 0 aromatic rings. The van der Waals surface area contributed by atoms with Crippen LogP contribution in [0.2, 0.25) is 0 Å². The van der Waals surface area contributed by atoms with E-state index in [2.05, 4.69) is 0 Å². The Morgan fingerprint density at radius 1 is 1.62 bits per heavy atom. The lowest BCUT2D eigenvalue weighted by atomic mass is 10.1. The van der Waals surface area contributed by atoms with E-state index in [0.29, 0.717) is 13.0 Å². The first kappa shape index (κ1) is 10.5. The lowest BCUT2D eigenvalue weighted by molar-refractivity contribution is -0.143. The number of hydrogen-bond donors (Lipinski definition) is 1. The van der Waals surface area contributed by atoms with Crippen LogP contribution in [0.5, 0.6) is 0 Å². The summed E-state index contributed by atoms with van der Waals surface area (Å²) in [5.41, 5.74) is 5.85. The second kappa shape index (κ2) is 5.22. The molecule has 2 N–H and O–H groups in total. The van der Waals surface area contributed by atoms with Gasteiger partial charge < -0.3 is 10.5 Å². The van der Waals surface area contributed by atoms with Gasteiger partial charge in [0.05, 0.1) is 6.61 Å². The predicted octanol–water partition coefficient (Wildman–Crippen LogP) is 1.46. The highest BCUT2D eigenvalue weighted by molar-refractivity contribution is 5.69. The van der Waals surface area contributed by atoms with Crippen molar-refractivity contribution < 1.29 is 9.53 Å². The minimum absolute atomic E-state index is 0.117. The smallest absolute Gasteiger partial charge is 0.305 e. The Balaban J connectivity index is 1.99. The largest absolute Gasteiger partial charge is 0.466 e. The van der Waals surface area contributed by atoms with E-state index < -0.39 is 0 Å². The second-order valence-electron chi connectivity index (χ2n) is 3.78. The molecule has 3 heteroatoms. The van der Waals surface area contributed by atoms with Crippen molar-refractivity contribution in [2.75, 3.05) is 6.61 Å². The third-order valence-corrected chi connectivity index (χ3v) is 2.36.